The molecule has 0 aliphatic carbocycles. The highest BCUT2D eigenvalue weighted by molar-refractivity contribution is 6.31. The molecular formula is C14H17ClN2O. The maximum absolute atomic E-state index is 5.97. The Balaban J connectivity index is 1.63. The number of hydrogen-bond acceptors (Lipinski definition) is 2. The van der Waals surface area contributed by atoms with Crippen molar-refractivity contribution in [1.29, 1.82) is 0 Å². The number of aromatic nitrogens is 1. The maximum atomic E-state index is 5.97. The van der Waals surface area contributed by atoms with Crippen LogP contribution in [0.3, 0.4) is 0 Å². The number of ether oxygens (including phenoxy) is 1. The minimum Gasteiger partial charge on any atom is -0.377 e. The predicted molar refractivity (Wildman–Crippen MR) is 74.0 cm³/mol. The summed E-state index contributed by atoms with van der Waals surface area (Å²) in [4.78, 5) is 3.25. The van der Waals surface area contributed by atoms with Gasteiger partial charge in [0.05, 0.1) is 6.10 Å². The van der Waals surface area contributed by atoms with E-state index < -0.39 is 0 Å². The topological polar surface area (TPSA) is 37.0 Å². The molecule has 0 saturated carbocycles. The standard InChI is InChI=1S/C14H17ClN2O/c15-11-3-4-13-10(8-17-14(13)6-11)7-16-9-12-2-1-5-18-12/h3-4,6,8,12,16-17H,1-2,5,7,9H2. The molecule has 0 amide bonds. The van der Waals surface area contributed by atoms with Crippen LogP contribution >= 0.6 is 11.6 Å². The first-order chi connectivity index (χ1) is 8.83. The van der Waals surface area contributed by atoms with E-state index in [1.807, 2.05) is 18.3 Å². The Morgan fingerprint density at radius 2 is 2.39 bits per heavy atom. The summed E-state index contributed by atoms with van der Waals surface area (Å²) in [6, 6.07) is 5.96. The third-order valence-corrected chi connectivity index (χ3v) is 3.68. The molecule has 1 aliphatic rings. The molecular weight excluding hydrogens is 248 g/mol. The Morgan fingerprint density at radius 3 is 3.22 bits per heavy atom. The number of H-pyrrole nitrogens is 1. The number of rotatable bonds is 4. The molecule has 2 aromatic rings. The molecule has 1 aliphatic heterocycles. The van der Waals surface area contributed by atoms with Crippen molar-refractivity contribution in [3.63, 3.8) is 0 Å². The van der Waals surface area contributed by atoms with Gasteiger partial charge in [0.2, 0.25) is 0 Å². The van der Waals surface area contributed by atoms with Gasteiger partial charge in [-0.25, -0.2) is 0 Å². The lowest BCUT2D eigenvalue weighted by Gasteiger charge is -2.10. The number of aromatic amines is 1. The highest BCUT2D eigenvalue weighted by Gasteiger charge is 2.14. The summed E-state index contributed by atoms with van der Waals surface area (Å²) >= 11 is 5.97. The highest BCUT2D eigenvalue weighted by atomic mass is 35.5. The van der Waals surface area contributed by atoms with Crippen molar-refractivity contribution in [1.82, 2.24) is 10.3 Å². The van der Waals surface area contributed by atoms with Crippen LogP contribution < -0.4 is 5.32 Å². The van der Waals surface area contributed by atoms with E-state index in [4.69, 9.17) is 16.3 Å². The number of hydrogen-bond donors (Lipinski definition) is 2. The molecule has 2 N–H and O–H groups in total. The molecule has 1 unspecified atom stereocenters. The molecule has 3 rings (SSSR count). The van der Waals surface area contributed by atoms with Gasteiger partial charge >= 0.3 is 0 Å². The predicted octanol–water partition coefficient (Wildman–Crippen LogP) is 3.09. The number of nitrogens with one attached hydrogen (secondary N) is 2. The van der Waals surface area contributed by atoms with Gasteiger partial charge < -0.3 is 15.0 Å². The first-order valence-electron chi connectivity index (χ1n) is 6.41. The first-order valence-corrected chi connectivity index (χ1v) is 6.78. The van der Waals surface area contributed by atoms with Gasteiger partial charge in [0.1, 0.15) is 0 Å². The Kier molecular flexibility index (Phi) is 3.55. The number of benzene rings is 1. The number of halogens is 1. The van der Waals surface area contributed by atoms with E-state index in [2.05, 4.69) is 16.4 Å². The third kappa shape index (κ3) is 2.53. The summed E-state index contributed by atoms with van der Waals surface area (Å²) in [5.74, 6) is 0. The summed E-state index contributed by atoms with van der Waals surface area (Å²) < 4.78 is 5.59. The summed E-state index contributed by atoms with van der Waals surface area (Å²) in [6.45, 7) is 2.71. The van der Waals surface area contributed by atoms with Crippen molar-refractivity contribution in [2.24, 2.45) is 0 Å². The lowest BCUT2D eigenvalue weighted by atomic mass is 10.1. The average Bonchev–Trinajstić information content (AvgIpc) is 2.99. The fourth-order valence-corrected chi connectivity index (χ4v) is 2.65. The van der Waals surface area contributed by atoms with E-state index in [0.29, 0.717) is 6.10 Å². The van der Waals surface area contributed by atoms with Crippen molar-refractivity contribution >= 4 is 22.5 Å². The molecule has 1 fully saturated rings. The van der Waals surface area contributed by atoms with Gasteiger partial charge in [0.25, 0.3) is 0 Å². The molecule has 0 radical (unpaired) electrons. The summed E-state index contributed by atoms with van der Waals surface area (Å²) in [5.41, 5.74) is 2.37. The second-order valence-corrected chi connectivity index (χ2v) is 5.21. The fraction of sp³-hybridized carbons (Fsp3) is 0.429. The summed E-state index contributed by atoms with van der Waals surface area (Å²) in [7, 11) is 0. The van der Waals surface area contributed by atoms with Gasteiger partial charge in [-0.05, 0) is 30.5 Å². The SMILES string of the molecule is Clc1ccc2c(CNCC3CCCO3)c[nH]c2c1. The number of fused-ring (bicyclic) bond motifs is 1. The smallest absolute Gasteiger partial charge is 0.0700 e. The average molecular weight is 265 g/mol. The minimum absolute atomic E-state index is 0.393. The van der Waals surface area contributed by atoms with Crippen LogP contribution in [0.2, 0.25) is 5.02 Å². The van der Waals surface area contributed by atoms with E-state index in [1.54, 1.807) is 0 Å². The van der Waals surface area contributed by atoms with Crippen LogP contribution in [0.4, 0.5) is 0 Å². The Bertz CT molecular complexity index is 532. The van der Waals surface area contributed by atoms with Gasteiger partial charge in [0, 0.05) is 41.8 Å². The Morgan fingerprint density at radius 1 is 1.44 bits per heavy atom. The highest BCUT2D eigenvalue weighted by Crippen LogP contribution is 2.22. The second kappa shape index (κ2) is 5.31. The zero-order chi connectivity index (χ0) is 12.4. The zero-order valence-corrected chi connectivity index (χ0v) is 11.0. The lowest BCUT2D eigenvalue weighted by Crippen LogP contribution is -2.25. The molecule has 1 saturated heterocycles. The summed E-state index contributed by atoms with van der Waals surface area (Å²) in [6.07, 6.45) is 4.81. The molecule has 4 heteroatoms. The van der Waals surface area contributed by atoms with Crippen molar-refractivity contribution in [2.45, 2.75) is 25.5 Å². The minimum atomic E-state index is 0.393. The first kappa shape index (κ1) is 12.0. The third-order valence-electron chi connectivity index (χ3n) is 3.44. The molecule has 1 aromatic carbocycles. The maximum Gasteiger partial charge on any atom is 0.0700 e. The Labute approximate surface area is 111 Å². The monoisotopic (exact) mass is 264 g/mol. The second-order valence-electron chi connectivity index (χ2n) is 4.77. The molecule has 2 heterocycles. The van der Waals surface area contributed by atoms with Crippen molar-refractivity contribution < 1.29 is 4.74 Å². The quantitative estimate of drug-likeness (QED) is 0.890. The zero-order valence-electron chi connectivity index (χ0n) is 10.2. The van der Waals surface area contributed by atoms with Gasteiger partial charge in [-0.3, -0.25) is 0 Å². The van der Waals surface area contributed by atoms with Gasteiger partial charge in [0.15, 0.2) is 0 Å². The van der Waals surface area contributed by atoms with E-state index in [1.165, 1.54) is 23.8 Å². The molecule has 0 bridgehead atoms. The Hall–Kier alpha value is -1.03. The van der Waals surface area contributed by atoms with Crippen LogP contribution in [0.1, 0.15) is 18.4 Å². The molecule has 3 nitrogen and oxygen atoms in total. The molecule has 1 atom stereocenters. The van der Waals surface area contributed by atoms with Crippen LogP contribution in [0.5, 0.6) is 0 Å². The van der Waals surface area contributed by atoms with Gasteiger partial charge in [-0.1, -0.05) is 17.7 Å². The van der Waals surface area contributed by atoms with E-state index >= 15 is 0 Å². The molecule has 96 valence electrons. The largest absolute Gasteiger partial charge is 0.377 e. The van der Waals surface area contributed by atoms with Crippen LogP contribution in [0, 0.1) is 0 Å². The normalized spacial score (nSPS) is 19.7. The summed E-state index contributed by atoms with van der Waals surface area (Å²) in [5, 5.41) is 5.46. The molecule has 0 spiro atoms. The molecule has 18 heavy (non-hydrogen) atoms. The van der Waals surface area contributed by atoms with Crippen molar-refractivity contribution in [3.05, 3.63) is 35.0 Å². The van der Waals surface area contributed by atoms with E-state index in [9.17, 15) is 0 Å². The van der Waals surface area contributed by atoms with Crippen molar-refractivity contribution in [2.75, 3.05) is 13.2 Å². The lowest BCUT2D eigenvalue weighted by molar-refractivity contribution is 0.110. The van der Waals surface area contributed by atoms with Gasteiger partial charge in [-0.15, -0.1) is 0 Å². The van der Waals surface area contributed by atoms with Gasteiger partial charge in [-0.2, -0.15) is 0 Å². The van der Waals surface area contributed by atoms with E-state index in [-0.39, 0.29) is 0 Å². The van der Waals surface area contributed by atoms with Crippen LogP contribution in [-0.2, 0) is 11.3 Å². The van der Waals surface area contributed by atoms with Crippen LogP contribution in [0.25, 0.3) is 10.9 Å². The van der Waals surface area contributed by atoms with Crippen LogP contribution in [0.15, 0.2) is 24.4 Å². The van der Waals surface area contributed by atoms with Crippen LogP contribution in [-0.4, -0.2) is 24.2 Å². The molecule has 1 aromatic heterocycles. The van der Waals surface area contributed by atoms with Crippen molar-refractivity contribution in [3.8, 4) is 0 Å². The van der Waals surface area contributed by atoms with E-state index in [0.717, 1.165) is 30.2 Å². The fourth-order valence-electron chi connectivity index (χ4n) is 2.48.